The van der Waals surface area contributed by atoms with Crippen LogP contribution in [0.4, 0.5) is 0 Å². The highest BCUT2D eigenvalue weighted by atomic mass is 16.8. The van der Waals surface area contributed by atoms with Crippen molar-refractivity contribution in [1.29, 1.82) is 0 Å². The van der Waals surface area contributed by atoms with E-state index in [9.17, 15) is 123 Å². The fourth-order valence-corrected chi connectivity index (χ4v) is 20.0. The summed E-state index contributed by atoms with van der Waals surface area (Å²) in [5.41, 5.74) is -1.55. The van der Waals surface area contributed by atoms with E-state index in [0.29, 0.717) is 38.5 Å². The van der Waals surface area contributed by atoms with E-state index in [1.807, 2.05) is 20.8 Å². The summed E-state index contributed by atoms with van der Waals surface area (Å²) in [7, 11) is 0. The quantitative estimate of drug-likeness (QED) is 0.0377. The molecule has 0 bridgehead atoms. The van der Waals surface area contributed by atoms with Crippen molar-refractivity contribution in [2.24, 2.45) is 58.2 Å². The maximum atomic E-state index is 15.1. The number of fused-ring (bicyclic) bond motifs is 7. The summed E-state index contributed by atoms with van der Waals surface area (Å²) in [4.78, 5) is 15.1. The molecule has 8 aliphatic heterocycles. The number of carbonyl (C=O) groups is 1. The van der Waals surface area contributed by atoms with Gasteiger partial charge in [0.05, 0.1) is 83.4 Å². The molecule has 48 atom stereocenters. The van der Waals surface area contributed by atoms with Crippen molar-refractivity contribution in [3.8, 4) is 0 Å². The molecule has 0 aromatic rings. The minimum Gasteiger partial charge on any atom is -0.396 e. The zero-order chi connectivity index (χ0) is 80.0. The van der Waals surface area contributed by atoms with E-state index in [4.69, 9.17) is 71.1 Å². The Labute approximate surface area is 632 Å². The number of hydrogen-bond donors (Lipinski definition) is 24. The van der Waals surface area contributed by atoms with Crippen LogP contribution in [0.3, 0.4) is 0 Å². The van der Waals surface area contributed by atoms with Gasteiger partial charge in [0.25, 0.3) is 0 Å². The van der Waals surface area contributed by atoms with Gasteiger partial charge in [0.1, 0.15) is 158 Å². The van der Waals surface area contributed by atoms with Gasteiger partial charge < -0.3 is 194 Å². The Balaban J connectivity index is 0.727. The van der Waals surface area contributed by atoms with Crippen LogP contribution in [0, 0.1) is 58.2 Å². The van der Waals surface area contributed by atoms with Crippen LogP contribution in [-0.2, 0) is 75.8 Å². The second kappa shape index (κ2) is 35.2. The summed E-state index contributed by atoms with van der Waals surface area (Å²) >= 11 is 0. The Morgan fingerprint density at radius 2 is 0.900 bits per heavy atom. The topological polar surface area (TPSA) is 641 Å². The summed E-state index contributed by atoms with van der Waals surface area (Å²) in [5, 5.41) is 265. The van der Waals surface area contributed by atoms with E-state index in [0.717, 1.165) is 0 Å². The molecule has 110 heavy (non-hydrogen) atoms. The fourth-order valence-electron chi connectivity index (χ4n) is 20.0. The highest BCUT2D eigenvalue weighted by Gasteiger charge is 2.75. The monoisotopic (exact) mass is 1600 g/mol. The van der Waals surface area contributed by atoms with E-state index in [1.165, 1.54) is 6.92 Å². The van der Waals surface area contributed by atoms with E-state index < -0.39 is 314 Å². The maximum Gasteiger partial charge on any atom is 0.187 e. The fraction of sp³-hybridized carbons (Fsp3) is 0.986. The minimum atomic E-state index is -2.33. The van der Waals surface area contributed by atoms with Gasteiger partial charge in [0.2, 0.25) is 0 Å². The summed E-state index contributed by atoms with van der Waals surface area (Å²) in [6.07, 6.45) is -63.4. The molecule has 0 amide bonds. The van der Waals surface area contributed by atoms with Gasteiger partial charge in [0.15, 0.2) is 49.8 Å². The number of ketones is 1. The SMILES string of the molecule is C[C@H](CC[C@@]1(O)O[C@@H]2[C@H]([C@@H]1C)[C@@]1(C)C(=O)CC3C(CC[C@H]4C[C@@H](O[C@@H]5O[C@H](CO)[C@@H](O[C@@H]6O[C@H](CO)[C@@H](O)[C@H](O[C@@H]7O[C@H](CO)[C@@H](O[C@@H]8O[C@@H](C)[C@H](O)[C@@H](O)[C@H]8O)[C@H](O)[C@H]7O)[C@H]6O[C@@H]6O[C@H](CO)[C@@H](O)[C@H](O[C@@H]7O[C@H](CO)[C@@H](O)[C@H](O)[C@H]7O)[C@H]6O)[C@H](O)[C@H]5O)CC[C@]34C)C1[C@H]2O)CO[C@@H]1O[C@H](CO)[C@@H](O)[C@H](CO)[C@H]1O. The second-order valence-corrected chi connectivity index (χ2v) is 33.0. The van der Waals surface area contributed by atoms with Gasteiger partial charge >= 0.3 is 0 Å². The van der Waals surface area contributed by atoms with Crippen LogP contribution in [-0.4, -0.2) is 414 Å². The van der Waals surface area contributed by atoms with Crippen LogP contribution >= 0.6 is 0 Å². The predicted octanol–water partition coefficient (Wildman–Crippen LogP) is -11.1. The van der Waals surface area contributed by atoms with Crippen LogP contribution in [0.25, 0.3) is 0 Å². The molecular formula is C70H116O40. The lowest BCUT2D eigenvalue weighted by Gasteiger charge is -2.61. The van der Waals surface area contributed by atoms with Crippen molar-refractivity contribution in [3.63, 3.8) is 0 Å². The zero-order valence-electron chi connectivity index (χ0n) is 61.6. The first-order chi connectivity index (χ1) is 52.1. The number of ether oxygens (including phenoxy) is 15. The number of Topliss-reactive ketones (excluding diaryl/α,β-unsaturated/α-hetero) is 1. The van der Waals surface area contributed by atoms with Gasteiger partial charge in [-0.05, 0) is 74.5 Å². The molecule has 0 aromatic heterocycles. The van der Waals surface area contributed by atoms with Crippen LogP contribution in [0.5, 0.6) is 0 Å². The molecule has 8 heterocycles. The lowest BCUT2D eigenvalue weighted by Crippen LogP contribution is -2.69. The molecule has 12 rings (SSSR count). The van der Waals surface area contributed by atoms with E-state index in [-0.39, 0.29) is 48.9 Å². The third-order valence-electron chi connectivity index (χ3n) is 26.7. The van der Waals surface area contributed by atoms with Crippen molar-refractivity contribution < 1.29 is 198 Å². The molecule has 12 fully saturated rings. The van der Waals surface area contributed by atoms with Gasteiger partial charge in [-0.25, -0.2) is 0 Å². The number of rotatable bonds is 25. The van der Waals surface area contributed by atoms with Crippen LogP contribution < -0.4 is 0 Å². The van der Waals surface area contributed by atoms with Crippen molar-refractivity contribution in [2.75, 3.05) is 52.9 Å². The Bertz CT molecular complexity index is 2970. The van der Waals surface area contributed by atoms with Gasteiger partial charge in [0, 0.05) is 41.9 Å². The molecule has 40 nitrogen and oxygen atoms in total. The first-order valence-electron chi connectivity index (χ1n) is 38.3. The molecule has 4 aliphatic carbocycles. The minimum absolute atomic E-state index is 0.0311. The predicted molar refractivity (Wildman–Crippen MR) is 354 cm³/mol. The van der Waals surface area contributed by atoms with E-state index in [2.05, 4.69) is 6.92 Å². The van der Waals surface area contributed by atoms with Crippen LogP contribution in [0.2, 0.25) is 0 Å². The number of aliphatic hydroxyl groups excluding tert-OH is 23. The third kappa shape index (κ3) is 15.9. The smallest absolute Gasteiger partial charge is 0.187 e. The van der Waals surface area contributed by atoms with Gasteiger partial charge in [-0.1, -0.05) is 27.7 Å². The Hall–Kier alpha value is -1.89. The van der Waals surface area contributed by atoms with E-state index >= 15 is 4.79 Å². The van der Waals surface area contributed by atoms with Crippen molar-refractivity contribution in [1.82, 2.24) is 0 Å². The zero-order valence-corrected chi connectivity index (χ0v) is 61.6. The average molecular weight is 1600 g/mol. The molecule has 8 saturated heterocycles. The molecule has 40 heteroatoms. The normalized spacial score (nSPS) is 55.0. The van der Waals surface area contributed by atoms with Crippen molar-refractivity contribution in [2.45, 2.75) is 319 Å². The maximum absolute atomic E-state index is 15.1. The Kier molecular flexibility index (Phi) is 28.0. The molecule has 0 aromatic carbocycles. The largest absolute Gasteiger partial charge is 0.396 e. The third-order valence-corrected chi connectivity index (χ3v) is 26.7. The van der Waals surface area contributed by atoms with Gasteiger partial charge in [-0.3, -0.25) is 4.79 Å². The second-order valence-electron chi connectivity index (χ2n) is 33.0. The summed E-state index contributed by atoms with van der Waals surface area (Å²) < 4.78 is 89.9. The highest BCUT2D eigenvalue weighted by molar-refractivity contribution is 5.87. The number of carbonyl (C=O) groups excluding carboxylic acids is 1. The molecule has 12 aliphatic rings. The molecule has 3 unspecified atom stereocenters. The van der Waals surface area contributed by atoms with Gasteiger partial charge in [-0.15, -0.1) is 0 Å². The van der Waals surface area contributed by atoms with E-state index in [1.54, 1.807) is 0 Å². The average Bonchev–Trinajstić information content (AvgIpc) is 1.51. The molecular weight excluding hydrogens is 1480 g/mol. The van der Waals surface area contributed by atoms with Crippen molar-refractivity contribution >= 4 is 5.78 Å². The van der Waals surface area contributed by atoms with Crippen molar-refractivity contribution in [3.05, 3.63) is 0 Å². The van der Waals surface area contributed by atoms with Gasteiger partial charge in [-0.2, -0.15) is 0 Å². The van der Waals surface area contributed by atoms with Crippen LogP contribution in [0.15, 0.2) is 0 Å². The number of hydrogen-bond acceptors (Lipinski definition) is 40. The molecule has 24 N–H and O–H groups in total. The standard InChI is InChI=1S/C70H116O40/c1-22(21-96-61-41(81)28(14-71)40(80)30(15-72)99-61)8-11-70(95)23(2)37-57(110-70)45(85)38-27-7-6-25-12-26(9-10-68(25,4)29(27)13-36(78)69(37,38)5)98-63-52(92)48(88)56(35(20-77)103-63)106-67-60(109-66-54(94)58(43(83)32(17-74)101-66)107-64-51(91)47(87)42(82)31(16-73)100-64)59(44(84)33(18-75)102-67)108-65-53(93)49(89)55(34(19-76)104-65)105-62-50(90)46(86)39(79)24(3)97-62/h22-35,37-67,71-77,79-95H,6-21H2,1-5H3/t22-,23+,24+,25+,26+,27?,28+,29?,30-,31-,32-,33-,34-,35-,37+,38?,39+,40+,41-,42-,43-,44-,45-,46-,47+,48-,49-,50-,51-,52-,53-,54-,55-,56-,57-,58+,59+,60-,61-,62+,63-,64+,65+,66+,67+,68+,69-,70-/m1/s1. The molecule has 4 saturated carbocycles. The van der Waals surface area contributed by atoms with Crippen LogP contribution in [0.1, 0.15) is 86.0 Å². The first kappa shape index (κ1) is 87.4. The summed E-state index contributed by atoms with van der Waals surface area (Å²) in [6, 6.07) is 0. The lowest BCUT2D eigenvalue weighted by atomic mass is 9.44. The first-order valence-corrected chi connectivity index (χ1v) is 38.3. The Morgan fingerprint density at radius 1 is 0.436 bits per heavy atom. The molecule has 0 spiro atoms. The summed E-state index contributed by atoms with van der Waals surface area (Å²) in [6.45, 7) is 2.75. The summed E-state index contributed by atoms with van der Waals surface area (Å²) in [5.74, 6) is -5.12. The number of aliphatic hydroxyl groups is 24. The molecule has 0 radical (unpaired) electrons. The lowest BCUT2D eigenvalue weighted by molar-refractivity contribution is -0.414. The molecule has 636 valence electrons. The highest BCUT2D eigenvalue weighted by Crippen LogP contribution is 2.70. The Morgan fingerprint density at radius 3 is 1.48 bits per heavy atom.